The fourth-order valence-corrected chi connectivity index (χ4v) is 6.18. The molecule has 5 heteroatoms. The van der Waals surface area contributed by atoms with Gasteiger partial charge in [-0.05, 0) is 80.8 Å². The first-order valence-electron chi connectivity index (χ1n) is 12.0. The summed E-state index contributed by atoms with van der Waals surface area (Å²) < 4.78 is 6.14. The average molecular weight is 435 g/mol. The molecule has 0 aromatic rings. The monoisotopic (exact) mass is 434 g/mol. The second-order valence-electron chi connectivity index (χ2n) is 10.6. The van der Waals surface area contributed by atoms with Crippen LogP contribution in [0.3, 0.4) is 0 Å². The van der Waals surface area contributed by atoms with Gasteiger partial charge in [0.2, 0.25) is 0 Å². The molecule has 3 aliphatic rings. The van der Waals surface area contributed by atoms with Crippen molar-refractivity contribution in [3.05, 3.63) is 35.5 Å². The minimum absolute atomic E-state index is 0.116. The smallest absolute Gasteiger partial charge is 0.0871 e. The molecule has 0 bridgehead atoms. The highest BCUT2D eigenvalue weighted by Crippen LogP contribution is 2.58. The first kappa shape index (κ1) is 24.7. The van der Waals surface area contributed by atoms with Crippen molar-refractivity contribution in [3.63, 3.8) is 0 Å². The number of fused-ring (bicyclic) bond motifs is 1. The molecule has 3 saturated carbocycles. The molecule has 0 aromatic heterocycles. The third kappa shape index (κ3) is 5.51. The highest BCUT2D eigenvalue weighted by Gasteiger charge is 2.51. The van der Waals surface area contributed by atoms with Gasteiger partial charge in [0.05, 0.1) is 30.5 Å². The van der Waals surface area contributed by atoms with E-state index in [4.69, 9.17) is 4.74 Å². The number of allylic oxidation sites excluding steroid dienone is 3. The Kier molecular flexibility index (Phi) is 7.86. The second kappa shape index (κ2) is 9.88. The normalized spacial score (nSPS) is 39.5. The zero-order chi connectivity index (χ0) is 22.8. The molecule has 0 amide bonds. The summed E-state index contributed by atoms with van der Waals surface area (Å²) in [7, 11) is 0. The van der Waals surface area contributed by atoms with Crippen LogP contribution in [0.25, 0.3) is 0 Å². The molecule has 0 aliphatic heterocycles. The number of hydrogen-bond donors (Lipinski definition) is 4. The van der Waals surface area contributed by atoms with Gasteiger partial charge in [-0.15, -0.1) is 0 Å². The van der Waals surface area contributed by atoms with Gasteiger partial charge in [-0.2, -0.15) is 0 Å². The minimum Gasteiger partial charge on any atom is -0.393 e. The van der Waals surface area contributed by atoms with Crippen molar-refractivity contribution in [3.8, 4) is 0 Å². The van der Waals surface area contributed by atoms with Crippen LogP contribution in [-0.2, 0) is 4.74 Å². The number of ether oxygens (including phenoxy) is 1. The molecule has 0 unspecified atom stereocenters. The van der Waals surface area contributed by atoms with E-state index in [0.717, 1.165) is 36.8 Å². The van der Waals surface area contributed by atoms with Crippen molar-refractivity contribution >= 4 is 0 Å². The lowest BCUT2D eigenvalue weighted by molar-refractivity contribution is -0.0628. The van der Waals surface area contributed by atoms with Crippen molar-refractivity contribution in [1.29, 1.82) is 0 Å². The lowest BCUT2D eigenvalue weighted by atomic mass is 9.62. The van der Waals surface area contributed by atoms with E-state index in [2.05, 4.69) is 32.6 Å². The predicted octanol–water partition coefficient (Wildman–Crippen LogP) is 3.67. The van der Waals surface area contributed by atoms with Gasteiger partial charge in [0, 0.05) is 19.4 Å². The third-order valence-electron chi connectivity index (χ3n) is 8.23. The Morgan fingerprint density at radius 3 is 2.74 bits per heavy atom. The van der Waals surface area contributed by atoms with Crippen LogP contribution < -0.4 is 0 Å². The van der Waals surface area contributed by atoms with E-state index in [9.17, 15) is 20.4 Å². The highest BCUT2D eigenvalue weighted by atomic mass is 16.5. The SMILES string of the molecule is C=C1/C(=C/C=C2\CCC[C@]3(C)[C@@H]([C@H](C)OCC[C@@](C)(O)CO)CC[C@@H]23)C[C@@H](O)C[C@@H]1O. The first-order chi connectivity index (χ1) is 14.6. The largest absolute Gasteiger partial charge is 0.393 e. The Morgan fingerprint density at radius 1 is 1.29 bits per heavy atom. The van der Waals surface area contributed by atoms with E-state index < -0.39 is 17.8 Å². The molecule has 3 fully saturated rings. The zero-order valence-electron chi connectivity index (χ0n) is 19.5. The average Bonchev–Trinajstić information content (AvgIpc) is 3.07. The molecular formula is C26H42O5. The lowest BCUT2D eigenvalue weighted by Crippen LogP contribution is -2.39. The quantitative estimate of drug-likeness (QED) is 0.491. The van der Waals surface area contributed by atoms with E-state index in [0.29, 0.717) is 37.7 Å². The van der Waals surface area contributed by atoms with Crippen LogP contribution in [0.4, 0.5) is 0 Å². The van der Waals surface area contributed by atoms with Gasteiger partial charge in [-0.3, -0.25) is 0 Å². The van der Waals surface area contributed by atoms with E-state index >= 15 is 0 Å². The first-order valence-corrected chi connectivity index (χ1v) is 12.0. The minimum atomic E-state index is -1.08. The third-order valence-corrected chi connectivity index (χ3v) is 8.23. The fourth-order valence-electron chi connectivity index (χ4n) is 6.18. The number of hydrogen-bond acceptors (Lipinski definition) is 5. The summed E-state index contributed by atoms with van der Waals surface area (Å²) in [6.45, 7) is 10.4. The summed E-state index contributed by atoms with van der Waals surface area (Å²) >= 11 is 0. The maximum atomic E-state index is 10.1. The lowest BCUT2D eigenvalue weighted by Gasteiger charge is -2.44. The number of aliphatic hydroxyl groups is 4. The summed E-state index contributed by atoms with van der Waals surface area (Å²) in [6, 6.07) is 0. The topological polar surface area (TPSA) is 90.2 Å². The maximum Gasteiger partial charge on any atom is 0.0871 e. The van der Waals surface area contributed by atoms with Crippen molar-refractivity contribution in [1.82, 2.24) is 0 Å². The van der Waals surface area contributed by atoms with Gasteiger partial charge in [-0.25, -0.2) is 0 Å². The van der Waals surface area contributed by atoms with Crippen molar-refractivity contribution in [2.75, 3.05) is 13.2 Å². The molecule has 0 radical (unpaired) electrons. The molecule has 7 atom stereocenters. The maximum absolute atomic E-state index is 10.1. The van der Waals surface area contributed by atoms with Crippen LogP contribution in [0, 0.1) is 17.3 Å². The summed E-state index contributed by atoms with van der Waals surface area (Å²) in [5.41, 5.74) is 2.30. The van der Waals surface area contributed by atoms with Crippen LogP contribution >= 0.6 is 0 Å². The fraction of sp³-hybridized carbons (Fsp3) is 0.769. The Labute approximate surface area is 187 Å². The zero-order valence-corrected chi connectivity index (χ0v) is 19.5. The summed E-state index contributed by atoms with van der Waals surface area (Å²) in [5.74, 6) is 1.00. The van der Waals surface area contributed by atoms with Gasteiger partial charge in [0.15, 0.2) is 0 Å². The van der Waals surface area contributed by atoms with Crippen LogP contribution in [0.15, 0.2) is 35.5 Å². The second-order valence-corrected chi connectivity index (χ2v) is 10.6. The number of rotatable bonds is 7. The molecule has 0 aromatic carbocycles. The Bertz CT molecular complexity index is 709. The molecule has 31 heavy (non-hydrogen) atoms. The van der Waals surface area contributed by atoms with Gasteiger partial charge < -0.3 is 25.2 Å². The Morgan fingerprint density at radius 2 is 2.03 bits per heavy atom. The molecule has 176 valence electrons. The number of aliphatic hydroxyl groups excluding tert-OH is 3. The molecule has 5 nitrogen and oxygen atoms in total. The summed E-state index contributed by atoms with van der Waals surface area (Å²) in [4.78, 5) is 0. The van der Waals surface area contributed by atoms with E-state index in [1.54, 1.807) is 6.92 Å². The van der Waals surface area contributed by atoms with E-state index in [1.165, 1.54) is 12.0 Å². The molecule has 3 aliphatic carbocycles. The van der Waals surface area contributed by atoms with Gasteiger partial charge >= 0.3 is 0 Å². The molecule has 0 saturated heterocycles. The van der Waals surface area contributed by atoms with Crippen molar-refractivity contribution in [2.24, 2.45) is 17.3 Å². The molecular weight excluding hydrogens is 392 g/mol. The van der Waals surface area contributed by atoms with E-state index in [1.807, 2.05) is 0 Å². The summed E-state index contributed by atoms with van der Waals surface area (Å²) in [5, 5.41) is 39.4. The molecule has 0 spiro atoms. The standard InChI is InChI=1S/C26H42O5/c1-17-20(14-21(28)15-24(17)29)8-7-19-6-5-11-26(4)22(9-10-23(19)26)18(2)31-13-12-25(3,30)16-27/h7-8,18,21-24,27-30H,1,5-6,9-16H2,2-4H3/b19-7+,20-8+/t18-,21+,22+,23-,24-,25+,26+/m0/s1. The van der Waals surface area contributed by atoms with Crippen LogP contribution in [-0.4, -0.2) is 57.6 Å². The van der Waals surface area contributed by atoms with Gasteiger partial charge in [0.25, 0.3) is 0 Å². The van der Waals surface area contributed by atoms with Crippen molar-refractivity contribution < 1.29 is 25.2 Å². The van der Waals surface area contributed by atoms with Gasteiger partial charge in [0.1, 0.15) is 0 Å². The van der Waals surface area contributed by atoms with E-state index in [-0.39, 0.29) is 18.1 Å². The van der Waals surface area contributed by atoms with Crippen LogP contribution in [0.2, 0.25) is 0 Å². The van der Waals surface area contributed by atoms with Crippen molar-refractivity contribution in [2.45, 2.75) is 96.1 Å². The predicted molar refractivity (Wildman–Crippen MR) is 122 cm³/mol. The van der Waals surface area contributed by atoms with Crippen LogP contribution in [0.1, 0.15) is 72.1 Å². The Balaban J connectivity index is 1.68. The molecule has 0 heterocycles. The van der Waals surface area contributed by atoms with Crippen LogP contribution in [0.5, 0.6) is 0 Å². The van der Waals surface area contributed by atoms with Gasteiger partial charge in [-0.1, -0.05) is 31.2 Å². The summed E-state index contributed by atoms with van der Waals surface area (Å²) in [6.07, 6.45) is 10.4. The molecule has 4 N–H and O–H groups in total. The highest BCUT2D eigenvalue weighted by molar-refractivity contribution is 5.38. The molecule has 3 rings (SSSR count). The Hall–Kier alpha value is -0.980.